The second kappa shape index (κ2) is 4.83. The summed E-state index contributed by atoms with van der Waals surface area (Å²) in [5, 5.41) is 11.4. The number of carbonyl (C=O) groups excluding carboxylic acids is 1. The number of hydrogen-bond donors (Lipinski definition) is 1. The van der Waals surface area contributed by atoms with Crippen LogP contribution < -0.4 is 5.32 Å². The lowest BCUT2D eigenvalue weighted by molar-refractivity contribution is -0.132. The van der Waals surface area contributed by atoms with Crippen molar-refractivity contribution in [3.63, 3.8) is 0 Å². The van der Waals surface area contributed by atoms with Gasteiger partial charge in [-0.2, -0.15) is 0 Å². The van der Waals surface area contributed by atoms with E-state index in [0.29, 0.717) is 6.04 Å². The van der Waals surface area contributed by atoms with Crippen molar-refractivity contribution >= 4 is 5.91 Å². The first-order valence-corrected chi connectivity index (χ1v) is 5.93. The van der Waals surface area contributed by atoms with Gasteiger partial charge in [-0.15, -0.1) is 5.10 Å². The predicted molar refractivity (Wildman–Crippen MR) is 63.3 cm³/mol. The van der Waals surface area contributed by atoms with Crippen molar-refractivity contribution < 1.29 is 4.79 Å². The quantitative estimate of drug-likeness (QED) is 0.793. The molecule has 6 nitrogen and oxygen atoms in total. The molecule has 1 aromatic heterocycles. The van der Waals surface area contributed by atoms with Crippen molar-refractivity contribution in [2.24, 2.45) is 0 Å². The molecule has 6 heteroatoms. The van der Waals surface area contributed by atoms with Crippen LogP contribution in [0.3, 0.4) is 0 Å². The third-order valence-electron chi connectivity index (χ3n) is 2.90. The molecule has 1 atom stereocenters. The summed E-state index contributed by atoms with van der Waals surface area (Å²) < 4.78 is 1.62. The van der Waals surface area contributed by atoms with Crippen molar-refractivity contribution in [2.75, 3.05) is 14.1 Å². The molecule has 94 valence electrons. The Balaban J connectivity index is 1.93. The van der Waals surface area contributed by atoms with Crippen LogP contribution >= 0.6 is 0 Å². The lowest BCUT2D eigenvalue weighted by Gasteiger charge is -2.16. The highest BCUT2D eigenvalue weighted by Crippen LogP contribution is 2.19. The molecule has 1 aromatic rings. The van der Waals surface area contributed by atoms with Crippen LogP contribution in [-0.2, 0) is 11.3 Å². The Morgan fingerprint density at radius 2 is 2.35 bits per heavy atom. The van der Waals surface area contributed by atoms with E-state index in [2.05, 4.69) is 15.6 Å². The van der Waals surface area contributed by atoms with E-state index in [0.717, 1.165) is 12.2 Å². The molecule has 1 amide bonds. The average Bonchev–Trinajstić information content (AvgIpc) is 3.02. The Kier molecular flexibility index (Phi) is 3.42. The summed E-state index contributed by atoms with van der Waals surface area (Å²) in [6.07, 6.45) is 4.34. The molecule has 0 saturated heterocycles. The Bertz CT molecular complexity index is 396. The zero-order valence-electron chi connectivity index (χ0n) is 10.6. The van der Waals surface area contributed by atoms with E-state index < -0.39 is 0 Å². The molecule has 1 aliphatic carbocycles. The summed E-state index contributed by atoms with van der Waals surface area (Å²) in [5.74, 6) is 0.0246. The number of carbonyl (C=O) groups is 1. The van der Waals surface area contributed by atoms with Crippen LogP contribution in [-0.4, -0.2) is 45.9 Å². The Morgan fingerprint density at radius 1 is 1.65 bits per heavy atom. The van der Waals surface area contributed by atoms with E-state index in [1.807, 2.05) is 13.1 Å². The summed E-state index contributed by atoms with van der Waals surface area (Å²) in [6, 6.07) is 0.355. The summed E-state index contributed by atoms with van der Waals surface area (Å²) in [7, 11) is 3.48. The predicted octanol–water partition coefficient (Wildman–Crippen LogP) is 0.179. The molecule has 1 heterocycles. The van der Waals surface area contributed by atoms with Crippen LogP contribution in [0.1, 0.15) is 31.5 Å². The number of nitrogens with zero attached hydrogens (tertiary/aromatic N) is 4. The fourth-order valence-electron chi connectivity index (χ4n) is 1.61. The Hall–Kier alpha value is -1.43. The van der Waals surface area contributed by atoms with Gasteiger partial charge in [0.15, 0.2) is 0 Å². The van der Waals surface area contributed by atoms with Crippen molar-refractivity contribution in [1.82, 2.24) is 25.2 Å². The summed E-state index contributed by atoms with van der Waals surface area (Å²) in [4.78, 5) is 13.3. The first-order valence-electron chi connectivity index (χ1n) is 5.93. The van der Waals surface area contributed by atoms with Gasteiger partial charge in [0.2, 0.25) is 5.91 Å². The smallest absolute Gasteiger partial charge is 0.246 e. The fraction of sp³-hybridized carbons (Fsp3) is 0.727. The van der Waals surface area contributed by atoms with E-state index in [9.17, 15) is 4.79 Å². The molecular weight excluding hydrogens is 218 g/mol. The number of likely N-dealkylation sites (N-methyl/N-ethyl adjacent to an activating group) is 1. The first-order chi connectivity index (χ1) is 8.08. The van der Waals surface area contributed by atoms with Gasteiger partial charge in [-0.1, -0.05) is 5.21 Å². The van der Waals surface area contributed by atoms with Crippen LogP contribution in [0.5, 0.6) is 0 Å². The maximum atomic E-state index is 11.8. The van der Waals surface area contributed by atoms with Crippen LogP contribution in [0, 0.1) is 0 Å². The highest BCUT2D eigenvalue weighted by atomic mass is 16.2. The van der Waals surface area contributed by atoms with Gasteiger partial charge in [-0.05, 0) is 19.8 Å². The largest absolute Gasteiger partial charge is 0.347 e. The third-order valence-corrected chi connectivity index (χ3v) is 2.90. The van der Waals surface area contributed by atoms with E-state index in [4.69, 9.17) is 0 Å². The molecule has 0 aliphatic heterocycles. The summed E-state index contributed by atoms with van der Waals surface area (Å²) >= 11 is 0. The zero-order valence-corrected chi connectivity index (χ0v) is 10.6. The first kappa shape index (κ1) is 12.0. The van der Waals surface area contributed by atoms with Crippen molar-refractivity contribution in [1.29, 1.82) is 0 Å². The Labute approximate surface area is 101 Å². The molecule has 17 heavy (non-hydrogen) atoms. The molecule has 0 spiro atoms. The minimum absolute atomic E-state index is 0.0246. The fourth-order valence-corrected chi connectivity index (χ4v) is 1.61. The van der Waals surface area contributed by atoms with Gasteiger partial charge in [0.05, 0.1) is 11.9 Å². The molecule has 1 unspecified atom stereocenters. The third kappa shape index (κ3) is 3.03. The summed E-state index contributed by atoms with van der Waals surface area (Å²) in [6.45, 7) is 2.56. The van der Waals surface area contributed by atoms with Gasteiger partial charge in [0, 0.05) is 26.7 Å². The normalized spacial score (nSPS) is 16.9. The lowest BCUT2D eigenvalue weighted by Crippen LogP contribution is -2.30. The van der Waals surface area contributed by atoms with Crippen molar-refractivity contribution in [3.8, 4) is 0 Å². The number of rotatable bonds is 5. The molecule has 0 radical (unpaired) electrons. The number of amides is 1. The number of nitrogens with one attached hydrogen (secondary N) is 1. The molecule has 1 saturated carbocycles. The maximum Gasteiger partial charge on any atom is 0.246 e. The van der Waals surface area contributed by atoms with E-state index in [1.165, 1.54) is 12.8 Å². The van der Waals surface area contributed by atoms with E-state index >= 15 is 0 Å². The minimum Gasteiger partial charge on any atom is -0.347 e. The zero-order chi connectivity index (χ0) is 12.4. The highest BCUT2D eigenvalue weighted by molar-refractivity contribution is 5.79. The van der Waals surface area contributed by atoms with Crippen molar-refractivity contribution in [3.05, 3.63) is 11.9 Å². The molecule has 1 N–H and O–H groups in total. The van der Waals surface area contributed by atoms with Gasteiger partial charge in [-0.3, -0.25) is 4.79 Å². The lowest BCUT2D eigenvalue weighted by atomic mass is 10.3. The standard InChI is InChI=1S/C11H19N5O/c1-8(11(17)15(2)3)16-7-10(13-14-16)6-12-9-4-5-9/h7-9,12H,4-6H2,1-3H3. The van der Waals surface area contributed by atoms with Crippen LogP contribution in [0.4, 0.5) is 0 Å². The molecular formula is C11H19N5O. The van der Waals surface area contributed by atoms with Gasteiger partial charge in [-0.25, -0.2) is 4.68 Å². The summed E-state index contributed by atoms with van der Waals surface area (Å²) in [5.41, 5.74) is 0.885. The second-order valence-corrected chi connectivity index (χ2v) is 4.75. The van der Waals surface area contributed by atoms with E-state index in [1.54, 1.807) is 23.7 Å². The second-order valence-electron chi connectivity index (χ2n) is 4.75. The average molecular weight is 237 g/mol. The van der Waals surface area contributed by atoms with Gasteiger partial charge >= 0.3 is 0 Å². The molecule has 2 rings (SSSR count). The molecule has 1 aliphatic rings. The minimum atomic E-state index is -0.299. The molecule has 0 aromatic carbocycles. The molecule has 1 fully saturated rings. The number of aromatic nitrogens is 3. The van der Waals surface area contributed by atoms with E-state index in [-0.39, 0.29) is 11.9 Å². The van der Waals surface area contributed by atoms with Gasteiger partial charge < -0.3 is 10.2 Å². The SMILES string of the molecule is CC(C(=O)N(C)C)n1cc(CNC2CC2)nn1. The van der Waals surface area contributed by atoms with Crippen LogP contribution in [0.15, 0.2) is 6.20 Å². The van der Waals surface area contributed by atoms with Crippen LogP contribution in [0.25, 0.3) is 0 Å². The van der Waals surface area contributed by atoms with Crippen molar-refractivity contribution in [2.45, 2.75) is 38.4 Å². The Morgan fingerprint density at radius 3 is 2.94 bits per heavy atom. The number of hydrogen-bond acceptors (Lipinski definition) is 4. The van der Waals surface area contributed by atoms with Crippen LogP contribution in [0.2, 0.25) is 0 Å². The highest BCUT2D eigenvalue weighted by Gasteiger charge is 2.21. The van der Waals surface area contributed by atoms with Gasteiger partial charge in [0.1, 0.15) is 6.04 Å². The molecule has 0 bridgehead atoms. The monoisotopic (exact) mass is 237 g/mol. The topological polar surface area (TPSA) is 63.1 Å². The maximum absolute atomic E-state index is 11.8. The van der Waals surface area contributed by atoms with Gasteiger partial charge in [0.25, 0.3) is 0 Å².